The summed E-state index contributed by atoms with van der Waals surface area (Å²) in [7, 11) is -4.65. The minimum Gasteiger partial charge on any atom is -0.481 e. The average Bonchev–Trinajstić information content (AvgIpc) is 2.68. The Bertz CT molecular complexity index is 802. The molecule has 0 fully saturated rings. The van der Waals surface area contributed by atoms with Crippen LogP contribution in [-0.4, -0.2) is 39.5 Å². The number of carboxylic acids is 1. The second-order valence-corrected chi connectivity index (χ2v) is 10.3. The van der Waals surface area contributed by atoms with Crippen molar-refractivity contribution in [3.63, 3.8) is 0 Å². The highest BCUT2D eigenvalue weighted by molar-refractivity contribution is 7.51. The van der Waals surface area contributed by atoms with Crippen molar-refractivity contribution in [3.8, 4) is 0 Å². The lowest BCUT2D eigenvalue weighted by Crippen LogP contribution is -2.37. The Morgan fingerprint density at radius 2 is 1.30 bits per heavy atom. The van der Waals surface area contributed by atoms with Gasteiger partial charge in [0, 0.05) is 0 Å². The first kappa shape index (κ1) is 31.0. The van der Waals surface area contributed by atoms with Gasteiger partial charge in [-0.15, -0.1) is 0 Å². The van der Waals surface area contributed by atoms with Crippen LogP contribution in [0.2, 0.25) is 0 Å². The molecule has 0 spiro atoms. The molecule has 0 radical (unpaired) electrons. The molecule has 0 saturated heterocycles. The number of hydroxylamine groups is 1. The molecule has 1 atom stereocenters. The molecule has 0 bridgehead atoms. The Balaban J connectivity index is 4.27. The topological polar surface area (TPSA) is 133 Å². The van der Waals surface area contributed by atoms with Gasteiger partial charge in [0.2, 0.25) is 0 Å². The zero-order valence-electron chi connectivity index (χ0n) is 20.5. The van der Waals surface area contributed by atoms with Crippen molar-refractivity contribution < 1.29 is 33.9 Å². The first-order chi connectivity index (χ1) is 15.3. The molecule has 0 aromatic carbocycles. The predicted molar refractivity (Wildman–Crippen MR) is 131 cm³/mol. The van der Waals surface area contributed by atoms with Crippen molar-refractivity contribution in [2.24, 2.45) is 5.92 Å². The molecule has 4 N–H and O–H groups in total. The summed E-state index contributed by atoms with van der Waals surface area (Å²) >= 11 is 0. The number of carbonyl (C=O) groups is 2. The smallest absolute Gasteiger partial charge is 0.326 e. The average molecular weight is 486 g/mol. The number of carbonyl (C=O) groups excluding carboxylic acids is 1. The van der Waals surface area contributed by atoms with E-state index in [-0.39, 0.29) is 6.61 Å². The van der Waals surface area contributed by atoms with E-state index in [2.05, 4.69) is 45.9 Å². The van der Waals surface area contributed by atoms with Gasteiger partial charge in [0.15, 0.2) is 0 Å². The first-order valence-electron chi connectivity index (χ1n) is 11.1. The molecule has 0 aliphatic carbocycles. The molecular weight excluding hydrogens is 445 g/mol. The summed E-state index contributed by atoms with van der Waals surface area (Å²) in [6.45, 7) is 10.5. The van der Waals surface area contributed by atoms with Gasteiger partial charge in [-0.1, -0.05) is 46.6 Å². The molecule has 0 saturated carbocycles. The number of rotatable bonds is 16. The molecule has 0 aliphatic heterocycles. The van der Waals surface area contributed by atoms with E-state index in [4.69, 9.17) is 19.7 Å². The number of hydrogen-bond donors (Lipinski definition) is 4. The predicted octanol–water partition coefficient (Wildman–Crippen LogP) is 5.06. The fourth-order valence-electron chi connectivity index (χ4n) is 2.87. The van der Waals surface area contributed by atoms with E-state index in [1.807, 2.05) is 12.4 Å². The second-order valence-electron chi connectivity index (χ2n) is 8.56. The van der Waals surface area contributed by atoms with Crippen LogP contribution in [0.5, 0.6) is 0 Å². The van der Waals surface area contributed by atoms with Crippen LogP contribution in [0.1, 0.15) is 73.1 Å². The molecule has 1 amide bonds. The quantitative estimate of drug-likeness (QED) is 0.0789. The van der Waals surface area contributed by atoms with Crippen LogP contribution in [0.25, 0.3) is 0 Å². The lowest BCUT2D eigenvalue weighted by atomic mass is 10.0. The molecule has 33 heavy (non-hydrogen) atoms. The standard InChI is InChI=1S/C24H40NO7P/c1-18(2)9-6-10-19(3)11-7-12-20(4)13-8-14-21(5)15-16-32-25-23(26)22(24(27)28)17-33(29,30)31/h9,11,13,15,22H,6-8,10,12,14,16-17H2,1-5H3,(H,25,26)(H,27,28)(H2,29,30,31)/b19-11+,20-13+,21-15+. The van der Waals surface area contributed by atoms with Crippen molar-refractivity contribution in [2.45, 2.75) is 73.1 Å². The lowest BCUT2D eigenvalue weighted by Gasteiger charge is -2.13. The van der Waals surface area contributed by atoms with Gasteiger partial charge in [-0.25, -0.2) is 5.48 Å². The largest absolute Gasteiger partial charge is 0.481 e. The Labute approximate surface area is 197 Å². The fraction of sp³-hybridized carbons (Fsp3) is 0.583. The molecular formula is C24H40NO7P. The molecule has 8 nitrogen and oxygen atoms in total. The van der Waals surface area contributed by atoms with Crippen molar-refractivity contribution in [2.75, 3.05) is 12.8 Å². The van der Waals surface area contributed by atoms with Crippen LogP contribution in [0.15, 0.2) is 46.6 Å². The molecule has 1 unspecified atom stereocenters. The number of nitrogens with one attached hydrogen (secondary N) is 1. The van der Waals surface area contributed by atoms with Crippen molar-refractivity contribution >= 4 is 19.5 Å². The number of carboxylic acid groups (broad SMARTS) is 1. The summed E-state index contributed by atoms with van der Waals surface area (Å²) in [5, 5.41) is 8.94. The van der Waals surface area contributed by atoms with Crippen molar-refractivity contribution in [1.29, 1.82) is 0 Å². The third kappa shape index (κ3) is 18.2. The van der Waals surface area contributed by atoms with Crippen molar-refractivity contribution in [1.82, 2.24) is 5.48 Å². The summed E-state index contributed by atoms with van der Waals surface area (Å²) < 4.78 is 11.0. The minimum absolute atomic E-state index is 0.0271. The van der Waals surface area contributed by atoms with Gasteiger partial charge in [-0.2, -0.15) is 0 Å². The van der Waals surface area contributed by atoms with Crippen LogP contribution in [0, 0.1) is 5.92 Å². The number of allylic oxidation sites excluding steroid dienone is 7. The SMILES string of the molecule is CC(C)=CCC/C(C)=C/CC/C(C)=C/CC/C(C)=C/CONC(=O)C(CP(=O)(O)O)C(=O)O. The maximum Gasteiger partial charge on any atom is 0.326 e. The highest BCUT2D eigenvalue weighted by Gasteiger charge is 2.33. The van der Waals surface area contributed by atoms with E-state index >= 15 is 0 Å². The zero-order valence-corrected chi connectivity index (χ0v) is 21.4. The molecule has 0 aliphatic rings. The Morgan fingerprint density at radius 3 is 1.73 bits per heavy atom. The van der Waals surface area contributed by atoms with Gasteiger partial charge in [-0.3, -0.25) is 19.0 Å². The second kappa shape index (κ2) is 16.6. The Kier molecular flexibility index (Phi) is 15.6. The van der Waals surface area contributed by atoms with Gasteiger partial charge >= 0.3 is 13.6 Å². The highest BCUT2D eigenvalue weighted by atomic mass is 31.2. The molecule has 188 valence electrons. The summed E-state index contributed by atoms with van der Waals surface area (Å²) in [5.74, 6) is -4.60. The van der Waals surface area contributed by atoms with E-state index in [9.17, 15) is 14.2 Å². The third-order valence-corrected chi connectivity index (χ3v) is 5.72. The highest BCUT2D eigenvalue weighted by Crippen LogP contribution is 2.37. The zero-order chi connectivity index (χ0) is 25.4. The van der Waals surface area contributed by atoms with Gasteiger partial charge in [0.25, 0.3) is 5.91 Å². The Hall–Kier alpha value is -1.99. The van der Waals surface area contributed by atoms with E-state index in [0.717, 1.165) is 44.1 Å². The number of hydrogen-bond acceptors (Lipinski definition) is 4. The maximum atomic E-state index is 11.8. The summed E-state index contributed by atoms with van der Waals surface area (Å²) in [6.07, 6.45) is 13.4. The first-order valence-corrected chi connectivity index (χ1v) is 12.9. The molecule has 0 aromatic rings. The molecule has 0 rings (SSSR count). The lowest BCUT2D eigenvalue weighted by molar-refractivity contribution is -0.150. The number of aliphatic carboxylic acids is 1. The van der Waals surface area contributed by atoms with Crippen LogP contribution in [-0.2, 0) is 19.0 Å². The Morgan fingerprint density at radius 1 is 0.848 bits per heavy atom. The molecule has 0 heterocycles. The summed E-state index contributed by atoms with van der Waals surface area (Å²) in [6, 6.07) is 0. The third-order valence-electron chi connectivity index (χ3n) is 4.88. The van der Waals surface area contributed by atoms with Crippen LogP contribution >= 0.6 is 7.60 Å². The van der Waals surface area contributed by atoms with Gasteiger partial charge < -0.3 is 14.9 Å². The molecule has 9 heteroatoms. The minimum atomic E-state index is -4.65. The molecule has 0 aromatic heterocycles. The maximum absolute atomic E-state index is 11.8. The van der Waals surface area contributed by atoms with E-state index in [1.54, 1.807) is 6.08 Å². The van der Waals surface area contributed by atoms with Crippen LogP contribution < -0.4 is 5.48 Å². The normalized spacial score (nSPS) is 14.1. The fourth-order valence-corrected chi connectivity index (χ4v) is 3.66. The van der Waals surface area contributed by atoms with Gasteiger partial charge in [0.05, 0.1) is 12.8 Å². The number of amides is 1. The van der Waals surface area contributed by atoms with E-state index in [1.165, 1.54) is 16.7 Å². The van der Waals surface area contributed by atoms with E-state index < -0.39 is 31.6 Å². The van der Waals surface area contributed by atoms with Crippen LogP contribution in [0.4, 0.5) is 0 Å². The van der Waals surface area contributed by atoms with Crippen LogP contribution in [0.3, 0.4) is 0 Å². The summed E-state index contributed by atoms with van der Waals surface area (Å²) in [4.78, 5) is 45.5. The summed E-state index contributed by atoms with van der Waals surface area (Å²) in [5.41, 5.74) is 7.10. The van der Waals surface area contributed by atoms with Gasteiger partial charge in [-0.05, 0) is 73.1 Å². The van der Waals surface area contributed by atoms with E-state index in [0.29, 0.717) is 0 Å². The van der Waals surface area contributed by atoms with Gasteiger partial charge in [0.1, 0.15) is 5.92 Å². The monoisotopic (exact) mass is 485 g/mol. The van der Waals surface area contributed by atoms with Crippen molar-refractivity contribution in [3.05, 3.63) is 46.6 Å².